The summed E-state index contributed by atoms with van der Waals surface area (Å²) in [5.41, 5.74) is 0. The smallest absolute Gasteiger partial charge is 0.462 e. The van der Waals surface area contributed by atoms with E-state index in [1.165, 1.54) is 218 Å². The number of phosphoric ester groups is 2. The Morgan fingerprint density at radius 1 is 0.302 bits per heavy atom. The summed E-state index contributed by atoms with van der Waals surface area (Å²) in [6.45, 7) is 9.57. The molecular formula is C77H150O17P2. The minimum absolute atomic E-state index is 0.103. The van der Waals surface area contributed by atoms with E-state index in [4.69, 9.17) is 37.0 Å². The molecule has 0 radical (unpaired) electrons. The first-order valence-electron chi connectivity index (χ1n) is 40.0. The van der Waals surface area contributed by atoms with Gasteiger partial charge in [-0.3, -0.25) is 37.3 Å². The van der Waals surface area contributed by atoms with E-state index in [-0.39, 0.29) is 25.7 Å². The van der Waals surface area contributed by atoms with Crippen molar-refractivity contribution in [1.29, 1.82) is 0 Å². The molecule has 0 aliphatic rings. The fraction of sp³-hybridized carbons (Fsp3) is 0.948. The molecular weight excluding hydrogens is 1260 g/mol. The number of aliphatic hydroxyl groups is 1. The lowest BCUT2D eigenvalue weighted by Crippen LogP contribution is -2.30. The summed E-state index contributed by atoms with van der Waals surface area (Å²) in [6, 6.07) is 0. The Morgan fingerprint density at radius 3 is 0.792 bits per heavy atom. The van der Waals surface area contributed by atoms with Crippen LogP contribution in [0.25, 0.3) is 0 Å². The molecule has 0 aromatic rings. The van der Waals surface area contributed by atoms with Crippen LogP contribution in [0.2, 0.25) is 0 Å². The molecule has 0 saturated carbocycles. The van der Waals surface area contributed by atoms with Crippen LogP contribution in [0.1, 0.15) is 401 Å². The van der Waals surface area contributed by atoms with Gasteiger partial charge in [0.15, 0.2) is 12.2 Å². The molecule has 570 valence electrons. The molecule has 6 atom stereocenters. The first kappa shape index (κ1) is 94.1. The fourth-order valence-corrected chi connectivity index (χ4v) is 13.4. The predicted octanol–water partition coefficient (Wildman–Crippen LogP) is 22.7. The van der Waals surface area contributed by atoms with Crippen LogP contribution in [0.5, 0.6) is 0 Å². The summed E-state index contributed by atoms with van der Waals surface area (Å²) in [4.78, 5) is 72.8. The third-order valence-corrected chi connectivity index (χ3v) is 20.2. The molecule has 0 spiro atoms. The Hall–Kier alpha value is -1.94. The normalized spacial score (nSPS) is 14.3. The molecule has 0 amide bonds. The molecule has 3 unspecified atom stereocenters. The zero-order valence-electron chi connectivity index (χ0n) is 62.7. The summed E-state index contributed by atoms with van der Waals surface area (Å²) in [5.74, 6) is -0.594. The van der Waals surface area contributed by atoms with Gasteiger partial charge >= 0.3 is 39.5 Å². The number of hydrogen-bond donors (Lipinski definition) is 3. The van der Waals surface area contributed by atoms with Crippen molar-refractivity contribution >= 4 is 39.5 Å². The van der Waals surface area contributed by atoms with Crippen molar-refractivity contribution in [3.05, 3.63) is 0 Å². The second kappa shape index (κ2) is 68.8. The zero-order chi connectivity index (χ0) is 70.7. The number of carbonyl (C=O) groups is 4. The number of aliphatic hydroxyl groups excluding tert-OH is 1. The molecule has 0 saturated heterocycles. The number of ether oxygens (including phenoxy) is 4. The van der Waals surface area contributed by atoms with E-state index in [0.717, 1.165) is 102 Å². The lowest BCUT2D eigenvalue weighted by atomic mass is 10.00. The molecule has 0 rings (SSSR count). The van der Waals surface area contributed by atoms with Crippen LogP contribution in [0.4, 0.5) is 0 Å². The average Bonchev–Trinajstić information content (AvgIpc) is 1.66. The van der Waals surface area contributed by atoms with Crippen LogP contribution in [0, 0.1) is 11.8 Å². The van der Waals surface area contributed by atoms with E-state index < -0.39 is 97.5 Å². The van der Waals surface area contributed by atoms with Gasteiger partial charge in [-0.05, 0) is 37.5 Å². The third-order valence-electron chi connectivity index (χ3n) is 18.3. The van der Waals surface area contributed by atoms with Crippen LogP contribution in [-0.4, -0.2) is 96.7 Å². The Labute approximate surface area is 588 Å². The summed E-state index contributed by atoms with van der Waals surface area (Å²) in [5, 5.41) is 10.6. The molecule has 0 fully saturated rings. The maximum Gasteiger partial charge on any atom is 0.472 e. The van der Waals surface area contributed by atoms with Crippen LogP contribution in [0.3, 0.4) is 0 Å². The number of unbranched alkanes of at least 4 members (excludes halogenated alkanes) is 45. The number of hydrogen-bond acceptors (Lipinski definition) is 15. The molecule has 0 bridgehead atoms. The van der Waals surface area contributed by atoms with Gasteiger partial charge in [-0.1, -0.05) is 350 Å². The number of rotatable bonds is 76. The van der Waals surface area contributed by atoms with Crippen LogP contribution >= 0.6 is 15.6 Å². The summed E-state index contributed by atoms with van der Waals surface area (Å²) < 4.78 is 68.5. The monoisotopic (exact) mass is 1410 g/mol. The average molecular weight is 1410 g/mol. The topological polar surface area (TPSA) is 237 Å². The lowest BCUT2D eigenvalue weighted by Gasteiger charge is -2.21. The Kier molecular flexibility index (Phi) is 67.4. The van der Waals surface area contributed by atoms with Gasteiger partial charge in [0.1, 0.15) is 19.3 Å². The highest BCUT2D eigenvalue weighted by molar-refractivity contribution is 7.47. The van der Waals surface area contributed by atoms with Crippen molar-refractivity contribution in [2.75, 3.05) is 39.6 Å². The first-order chi connectivity index (χ1) is 46.4. The van der Waals surface area contributed by atoms with Gasteiger partial charge < -0.3 is 33.8 Å². The van der Waals surface area contributed by atoms with Crippen molar-refractivity contribution in [3.8, 4) is 0 Å². The predicted molar refractivity (Wildman–Crippen MR) is 391 cm³/mol. The maximum atomic E-state index is 13.1. The minimum Gasteiger partial charge on any atom is -0.462 e. The Balaban J connectivity index is 5.21. The standard InChI is InChI=1S/C77H150O17P2/c1-7-10-12-14-16-18-20-21-22-23-24-27-30-33-37-41-48-54-60-75(80)87-65-72(93-76(81)61-55-49-42-38-34-31-28-25-26-29-32-35-39-45-51-57-69(4)5)67-91-95(83,84)89-63-71(78)64-90-96(85,86)92-68-73(94-77(82)62-56-50-44-43-46-52-58-70(6)9-3)66-88-74(79)59-53-47-40-36-19-17-15-13-11-8-2/h69-73,78H,7-68H2,1-6H3,(H,83,84)(H,85,86)/t70?,71-,72-,73-/m1/s1. The SMILES string of the molecule is CCCCCCCCCCCCCCCCCCCCC(=O)OC[C@H](COP(=O)(O)OC[C@@H](O)COP(=O)(O)OC[C@@H](COC(=O)CCCCCCCCCCCC)OC(=O)CCCCCCCCC(C)CC)OC(=O)CCCCCCCCCCCCCCCCCC(C)C. The van der Waals surface area contributed by atoms with E-state index in [1.807, 2.05) is 0 Å². The van der Waals surface area contributed by atoms with E-state index in [0.29, 0.717) is 25.7 Å². The molecule has 0 aliphatic carbocycles. The summed E-state index contributed by atoms with van der Waals surface area (Å²) in [7, 11) is -9.91. The highest BCUT2D eigenvalue weighted by Crippen LogP contribution is 2.45. The highest BCUT2D eigenvalue weighted by Gasteiger charge is 2.30. The Morgan fingerprint density at radius 2 is 0.531 bits per heavy atom. The molecule has 17 nitrogen and oxygen atoms in total. The van der Waals surface area contributed by atoms with Gasteiger partial charge in [-0.25, -0.2) is 9.13 Å². The van der Waals surface area contributed by atoms with E-state index >= 15 is 0 Å². The largest absolute Gasteiger partial charge is 0.472 e. The second-order valence-electron chi connectivity index (χ2n) is 28.5. The molecule has 0 aromatic carbocycles. The van der Waals surface area contributed by atoms with Gasteiger partial charge in [-0.2, -0.15) is 0 Å². The van der Waals surface area contributed by atoms with Crippen molar-refractivity contribution in [1.82, 2.24) is 0 Å². The maximum absolute atomic E-state index is 13.1. The molecule has 0 aliphatic heterocycles. The van der Waals surface area contributed by atoms with Gasteiger partial charge in [0.05, 0.1) is 26.4 Å². The lowest BCUT2D eigenvalue weighted by molar-refractivity contribution is -0.161. The molecule has 3 N–H and O–H groups in total. The molecule has 19 heteroatoms. The zero-order valence-corrected chi connectivity index (χ0v) is 64.5. The fourth-order valence-electron chi connectivity index (χ4n) is 11.8. The Bertz CT molecular complexity index is 1860. The second-order valence-corrected chi connectivity index (χ2v) is 31.4. The van der Waals surface area contributed by atoms with Crippen LogP contribution < -0.4 is 0 Å². The minimum atomic E-state index is -4.96. The first-order valence-corrected chi connectivity index (χ1v) is 43.0. The van der Waals surface area contributed by atoms with E-state index in [9.17, 15) is 43.2 Å². The van der Waals surface area contributed by atoms with Gasteiger partial charge in [0.2, 0.25) is 0 Å². The quantitative estimate of drug-likeness (QED) is 0.0222. The van der Waals surface area contributed by atoms with E-state index in [1.54, 1.807) is 0 Å². The number of phosphoric acid groups is 2. The van der Waals surface area contributed by atoms with Crippen molar-refractivity contribution in [3.63, 3.8) is 0 Å². The highest BCUT2D eigenvalue weighted by atomic mass is 31.2. The van der Waals surface area contributed by atoms with Gasteiger partial charge in [0.25, 0.3) is 0 Å². The van der Waals surface area contributed by atoms with Crippen LogP contribution in [0.15, 0.2) is 0 Å². The van der Waals surface area contributed by atoms with E-state index in [2.05, 4.69) is 41.5 Å². The number of carbonyl (C=O) groups excluding carboxylic acids is 4. The van der Waals surface area contributed by atoms with Crippen LogP contribution in [-0.2, 0) is 65.4 Å². The van der Waals surface area contributed by atoms with Crippen molar-refractivity contribution in [2.24, 2.45) is 11.8 Å². The number of esters is 4. The van der Waals surface area contributed by atoms with Crippen molar-refractivity contribution in [2.45, 2.75) is 419 Å². The summed E-state index contributed by atoms with van der Waals surface area (Å²) >= 11 is 0. The molecule has 0 heterocycles. The summed E-state index contributed by atoms with van der Waals surface area (Å²) in [6.07, 6.45) is 57.0. The molecule has 96 heavy (non-hydrogen) atoms. The third kappa shape index (κ3) is 69.2. The molecule has 0 aromatic heterocycles. The van der Waals surface area contributed by atoms with Crippen molar-refractivity contribution < 1.29 is 80.2 Å². The van der Waals surface area contributed by atoms with Gasteiger partial charge in [0, 0.05) is 25.7 Å². The van der Waals surface area contributed by atoms with Gasteiger partial charge in [-0.15, -0.1) is 0 Å².